The van der Waals surface area contributed by atoms with Crippen LogP contribution >= 0.6 is 0 Å². The molecule has 3 heterocycles. The van der Waals surface area contributed by atoms with Gasteiger partial charge in [-0.15, -0.1) is 0 Å². The second-order valence-corrected chi connectivity index (χ2v) is 5.35. The van der Waals surface area contributed by atoms with Gasteiger partial charge in [0.1, 0.15) is 6.10 Å². The average Bonchev–Trinajstić information content (AvgIpc) is 2.79. The fourth-order valence-corrected chi connectivity index (χ4v) is 3.37. The predicted octanol–water partition coefficient (Wildman–Crippen LogP) is 2.22. The Hall–Kier alpha value is -0.160. The summed E-state index contributed by atoms with van der Waals surface area (Å²) in [5, 5.41) is 0. The second-order valence-electron chi connectivity index (χ2n) is 5.35. The van der Waals surface area contributed by atoms with Gasteiger partial charge in [-0.1, -0.05) is 0 Å². The van der Waals surface area contributed by atoms with Crippen molar-refractivity contribution in [2.75, 3.05) is 20.3 Å². The lowest BCUT2D eigenvalue weighted by Gasteiger charge is -2.50. The summed E-state index contributed by atoms with van der Waals surface area (Å²) >= 11 is 0. The summed E-state index contributed by atoms with van der Waals surface area (Å²) in [5.74, 6) is -0.929. The molecule has 0 aromatic rings. The number of hydrogen-bond donors (Lipinski definition) is 0. The lowest BCUT2D eigenvalue weighted by atomic mass is 9.89. The van der Waals surface area contributed by atoms with Crippen LogP contribution < -0.4 is 0 Å². The molecule has 3 fully saturated rings. The summed E-state index contributed by atoms with van der Waals surface area (Å²) in [6.45, 7) is 1.59. The lowest BCUT2D eigenvalue weighted by molar-refractivity contribution is -0.406. The van der Waals surface area contributed by atoms with Gasteiger partial charge in [-0.05, 0) is 25.7 Å². The fourth-order valence-electron chi connectivity index (χ4n) is 3.37. The van der Waals surface area contributed by atoms with Gasteiger partial charge >= 0.3 is 0 Å². The van der Waals surface area contributed by atoms with Gasteiger partial charge in [0.2, 0.25) is 0 Å². The Morgan fingerprint density at radius 2 is 1.88 bits per heavy atom. The maximum absolute atomic E-state index is 6.30. The zero-order valence-electron chi connectivity index (χ0n) is 10.6. The minimum absolute atomic E-state index is 0.0534. The molecule has 2 spiro atoms. The molecule has 0 bridgehead atoms. The van der Waals surface area contributed by atoms with Crippen molar-refractivity contribution < 1.29 is 18.9 Å². The van der Waals surface area contributed by atoms with Crippen LogP contribution in [0.15, 0.2) is 0 Å². The van der Waals surface area contributed by atoms with E-state index in [1.54, 1.807) is 7.11 Å². The van der Waals surface area contributed by atoms with E-state index < -0.39 is 5.79 Å². The predicted molar refractivity (Wildman–Crippen MR) is 61.6 cm³/mol. The first-order chi connectivity index (χ1) is 8.29. The highest BCUT2D eigenvalue weighted by atomic mass is 16.8. The van der Waals surface area contributed by atoms with Gasteiger partial charge in [0.25, 0.3) is 0 Å². The highest BCUT2D eigenvalue weighted by molar-refractivity contribution is 4.93. The summed E-state index contributed by atoms with van der Waals surface area (Å²) in [7, 11) is 1.75. The van der Waals surface area contributed by atoms with Crippen LogP contribution in [0.25, 0.3) is 0 Å². The molecular weight excluding hydrogens is 220 g/mol. The highest BCUT2D eigenvalue weighted by Crippen LogP contribution is 2.46. The minimum atomic E-state index is -0.546. The third-order valence-corrected chi connectivity index (χ3v) is 4.25. The van der Waals surface area contributed by atoms with Crippen molar-refractivity contribution in [2.45, 2.75) is 62.6 Å². The summed E-state index contributed by atoms with van der Waals surface area (Å²) in [6.07, 6.45) is 7.23. The van der Waals surface area contributed by atoms with Gasteiger partial charge in [0.15, 0.2) is 11.6 Å². The monoisotopic (exact) mass is 242 g/mol. The van der Waals surface area contributed by atoms with Crippen molar-refractivity contribution in [1.82, 2.24) is 0 Å². The number of hydrogen-bond acceptors (Lipinski definition) is 4. The van der Waals surface area contributed by atoms with Crippen LogP contribution in [-0.2, 0) is 18.9 Å². The molecule has 0 aliphatic carbocycles. The molecule has 0 N–H and O–H groups in total. The summed E-state index contributed by atoms with van der Waals surface area (Å²) in [5.41, 5.74) is 0. The van der Waals surface area contributed by atoms with Crippen molar-refractivity contribution in [1.29, 1.82) is 0 Å². The van der Waals surface area contributed by atoms with Crippen molar-refractivity contribution in [2.24, 2.45) is 0 Å². The third-order valence-electron chi connectivity index (χ3n) is 4.25. The molecule has 0 radical (unpaired) electrons. The van der Waals surface area contributed by atoms with Crippen LogP contribution in [0.5, 0.6) is 0 Å². The number of rotatable bonds is 1. The van der Waals surface area contributed by atoms with E-state index in [2.05, 4.69) is 0 Å². The molecule has 0 aromatic carbocycles. The summed E-state index contributed by atoms with van der Waals surface area (Å²) < 4.78 is 23.7. The van der Waals surface area contributed by atoms with Gasteiger partial charge in [0, 0.05) is 26.4 Å². The van der Waals surface area contributed by atoms with Gasteiger partial charge in [-0.2, -0.15) is 0 Å². The zero-order chi connectivity index (χ0) is 11.8. The van der Waals surface area contributed by atoms with Crippen molar-refractivity contribution in [3.8, 4) is 0 Å². The van der Waals surface area contributed by atoms with Crippen molar-refractivity contribution in [3.05, 3.63) is 0 Å². The Labute approximate surface area is 103 Å². The van der Waals surface area contributed by atoms with E-state index in [1.165, 1.54) is 0 Å². The normalized spacial score (nSPS) is 46.8. The molecule has 4 heteroatoms. The molecule has 3 saturated heterocycles. The van der Waals surface area contributed by atoms with E-state index in [0.29, 0.717) is 0 Å². The first kappa shape index (κ1) is 11.9. The molecule has 3 atom stereocenters. The van der Waals surface area contributed by atoms with Crippen LogP contribution in [0, 0.1) is 0 Å². The molecule has 0 saturated carbocycles. The molecule has 17 heavy (non-hydrogen) atoms. The molecule has 3 aliphatic heterocycles. The Bertz CT molecular complexity index is 267. The van der Waals surface area contributed by atoms with E-state index >= 15 is 0 Å². The number of methoxy groups -OCH3 is 1. The Morgan fingerprint density at radius 3 is 2.53 bits per heavy atom. The Morgan fingerprint density at radius 1 is 1.00 bits per heavy atom. The van der Waals surface area contributed by atoms with Crippen LogP contribution in [0.3, 0.4) is 0 Å². The molecule has 0 amide bonds. The molecular formula is C13H22O4. The van der Waals surface area contributed by atoms with Gasteiger partial charge in [0.05, 0.1) is 13.2 Å². The van der Waals surface area contributed by atoms with Crippen LogP contribution in [-0.4, -0.2) is 38.0 Å². The van der Waals surface area contributed by atoms with Crippen LogP contribution in [0.2, 0.25) is 0 Å². The highest BCUT2D eigenvalue weighted by Gasteiger charge is 2.54. The van der Waals surface area contributed by atoms with Crippen molar-refractivity contribution in [3.63, 3.8) is 0 Å². The third kappa shape index (κ3) is 2.01. The molecule has 98 valence electrons. The second kappa shape index (κ2) is 4.50. The van der Waals surface area contributed by atoms with E-state index in [-0.39, 0.29) is 11.9 Å². The topological polar surface area (TPSA) is 36.9 Å². The fraction of sp³-hybridized carbons (Fsp3) is 1.00. The van der Waals surface area contributed by atoms with Gasteiger partial charge in [-0.3, -0.25) is 0 Å². The molecule has 3 rings (SSSR count). The standard InChI is InChI=1S/C13H22O4/c1-14-11-5-8-12(6-4-10-15-12)17-13(11)7-2-3-9-16-13/h11H,2-10H2,1H3. The Balaban J connectivity index is 1.80. The zero-order valence-corrected chi connectivity index (χ0v) is 10.6. The maximum Gasteiger partial charge on any atom is 0.197 e. The van der Waals surface area contributed by atoms with E-state index in [4.69, 9.17) is 18.9 Å². The van der Waals surface area contributed by atoms with Crippen LogP contribution in [0.4, 0.5) is 0 Å². The smallest absolute Gasteiger partial charge is 0.197 e. The van der Waals surface area contributed by atoms with E-state index in [9.17, 15) is 0 Å². The van der Waals surface area contributed by atoms with E-state index in [1.807, 2.05) is 0 Å². The largest absolute Gasteiger partial charge is 0.376 e. The summed E-state index contributed by atoms with van der Waals surface area (Å²) in [6, 6.07) is 0. The number of ether oxygens (including phenoxy) is 4. The first-order valence-corrected chi connectivity index (χ1v) is 6.80. The molecule has 0 aromatic heterocycles. The Kier molecular flexibility index (Phi) is 3.15. The van der Waals surface area contributed by atoms with Gasteiger partial charge in [-0.25, -0.2) is 0 Å². The quantitative estimate of drug-likeness (QED) is 0.706. The maximum atomic E-state index is 6.30. The van der Waals surface area contributed by atoms with Crippen LogP contribution in [0.1, 0.15) is 44.9 Å². The average molecular weight is 242 g/mol. The molecule has 3 aliphatic rings. The first-order valence-electron chi connectivity index (χ1n) is 6.80. The van der Waals surface area contributed by atoms with E-state index in [0.717, 1.165) is 58.2 Å². The SMILES string of the molecule is COC1CCC2(CCCO2)OC12CCCCO2. The molecule has 4 nitrogen and oxygen atoms in total. The lowest BCUT2D eigenvalue weighted by Crippen LogP contribution is -2.59. The summed E-state index contributed by atoms with van der Waals surface area (Å²) in [4.78, 5) is 0. The van der Waals surface area contributed by atoms with Crippen molar-refractivity contribution >= 4 is 0 Å². The molecule has 3 unspecified atom stereocenters. The minimum Gasteiger partial charge on any atom is -0.376 e. The van der Waals surface area contributed by atoms with Gasteiger partial charge < -0.3 is 18.9 Å².